The van der Waals surface area contributed by atoms with Gasteiger partial charge < -0.3 is 15.2 Å². The Balaban J connectivity index is 2.13. The maximum atomic E-state index is 13.2. The fourth-order valence-electron chi connectivity index (χ4n) is 1.32. The van der Waals surface area contributed by atoms with Crippen molar-refractivity contribution in [2.45, 2.75) is 12.8 Å². The summed E-state index contributed by atoms with van der Waals surface area (Å²) in [7, 11) is 1.42. The van der Waals surface area contributed by atoms with Crippen LogP contribution in [0.25, 0.3) is 0 Å². The number of methoxy groups -OCH3 is 1. The van der Waals surface area contributed by atoms with E-state index in [0.717, 1.165) is 0 Å². The molecule has 0 spiro atoms. The molecule has 0 atom stereocenters. The van der Waals surface area contributed by atoms with Crippen LogP contribution in [0.3, 0.4) is 0 Å². The third kappa shape index (κ3) is 2.32. The second-order valence-electron chi connectivity index (χ2n) is 3.78. The molecule has 0 aromatic heterocycles. The van der Waals surface area contributed by atoms with Gasteiger partial charge in [-0.3, -0.25) is 0 Å². The molecule has 0 amide bonds. The van der Waals surface area contributed by atoms with E-state index in [2.05, 4.69) is 0 Å². The van der Waals surface area contributed by atoms with E-state index in [0.29, 0.717) is 24.0 Å². The first-order valence-electron chi connectivity index (χ1n) is 4.96. The summed E-state index contributed by atoms with van der Waals surface area (Å²) in [5, 5.41) is 0. The Hall–Kier alpha value is -1.45. The highest BCUT2D eigenvalue weighted by Crippen LogP contribution is 2.33. The van der Waals surface area contributed by atoms with Crippen molar-refractivity contribution in [3.63, 3.8) is 0 Å². The first-order chi connectivity index (χ1) is 7.20. The van der Waals surface area contributed by atoms with Crippen LogP contribution in [0.2, 0.25) is 0 Å². The van der Waals surface area contributed by atoms with E-state index < -0.39 is 5.82 Å². The summed E-state index contributed by atoms with van der Waals surface area (Å²) in [6.07, 6.45) is 2.41. The molecular formula is C11H14FNO2. The fraction of sp³-hybridized carbons (Fsp3) is 0.455. The maximum Gasteiger partial charge on any atom is 0.167 e. The van der Waals surface area contributed by atoms with Gasteiger partial charge in [-0.25, -0.2) is 4.39 Å². The van der Waals surface area contributed by atoms with Crippen LogP contribution in [-0.2, 0) is 0 Å². The van der Waals surface area contributed by atoms with Crippen LogP contribution in [0.1, 0.15) is 12.8 Å². The van der Waals surface area contributed by atoms with Crippen molar-refractivity contribution in [1.29, 1.82) is 0 Å². The van der Waals surface area contributed by atoms with Crippen LogP contribution < -0.4 is 15.2 Å². The molecule has 15 heavy (non-hydrogen) atoms. The summed E-state index contributed by atoms with van der Waals surface area (Å²) < 4.78 is 23.5. The molecule has 0 bridgehead atoms. The lowest BCUT2D eigenvalue weighted by molar-refractivity contribution is 0.297. The van der Waals surface area contributed by atoms with E-state index >= 15 is 0 Å². The average Bonchev–Trinajstić information content (AvgIpc) is 3.00. The predicted octanol–water partition coefficient (Wildman–Crippen LogP) is 2.21. The second kappa shape index (κ2) is 3.96. The van der Waals surface area contributed by atoms with Gasteiger partial charge in [-0.2, -0.15) is 0 Å². The number of nitrogen functional groups attached to an aromatic ring is 1. The Morgan fingerprint density at radius 2 is 2.13 bits per heavy atom. The average molecular weight is 211 g/mol. The van der Waals surface area contributed by atoms with Crippen LogP contribution in [0.5, 0.6) is 11.5 Å². The number of rotatable bonds is 4. The summed E-state index contributed by atoms with van der Waals surface area (Å²) >= 11 is 0. The van der Waals surface area contributed by atoms with Crippen molar-refractivity contribution in [3.05, 3.63) is 17.9 Å². The third-order valence-electron chi connectivity index (χ3n) is 2.46. The molecule has 0 unspecified atom stereocenters. The van der Waals surface area contributed by atoms with Crippen LogP contribution >= 0.6 is 0 Å². The van der Waals surface area contributed by atoms with E-state index in [1.165, 1.54) is 32.1 Å². The molecule has 0 saturated heterocycles. The molecule has 0 heterocycles. The number of ether oxygens (including phenoxy) is 2. The van der Waals surface area contributed by atoms with Crippen molar-refractivity contribution in [3.8, 4) is 11.5 Å². The number of hydrogen-bond acceptors (Lipinski definition) is 3. The molecular weight excluding hydrogens is 197 g/mol. The van der Waals surface area contributed by atoms with Crippen LogP contribution in [0.15, 0.2) is 12.1 Å². The Kier molecular flexibility index (Phi) is 2.66. The van der Waals surface area contributed by atoms with Gasteiger partial charge in [0.1, 0.15) is 5.75 Å². The molecule has 1 aliphatic rings. The summed E-state index contributed by atoms with van der Waals surface area (Å²) in [5.41, 5.74) is 5.94. The van der Waals surface area contributed by atoms with E-state index in [1.54, 1.807) is 0 Å². The normalized spacial score (nSPS) is 15.1. The molecule has 0 aliphatic heterocycles. The molecule has 3 nitrogen and oxygen atoms in total. The second-order valence-corrected chi connectivity index (χ2v) is 3.78. The zero-order valence-corrected chi connectivity index (χ0v) is 8.63. The molecule has 1 saturated carbocycles. The van der Waals surface area contributed by atoms with Gasteiger partial charge in [0, 0.05) is 12.1 Å². The number of nitrogens with two attached hydrogens (primary N) is 1. The zero-order chi connectivity index (χ0) is 10.8. The van der Waals surface area contributed by atoms with E-state index in [9.17, 15) is 4.39 Å². The highest BCUT2D eigenvalue weighted by molar-refractivity contribution is 5.56. The van der Waals surface area contributed by atoms with E-state index in [1.807, 2.05) is 0 Å². The van der Waals surface area contributed by atoms with Gasteiger partial charge in [0.2, 0.25) is 0 Å². The lowest BCUT2D eigenvalue weighted by atomic mass is 10.2. The van der Waals surface area contributed by atoms with Gasteiger partial charge in [0.15, 0.2) is 11.6 Å². The van der Waals surface area contributed by atoms with Gasteiger partial charge in [-0.1, -0.05) is 0 Å². The first kappa shape index (κ1) is 10.1. The summed E-state index contributed by atoms with van der Waals surface area (Å²) in [4.78, 5) is 0. The molecule has 2 N–H and O–H groups in total. The van der Waals surface area contributed by atoms with E-state index in [-0.39, 0.29) is 5.75 Å². The number of anilines is 1. The van der Waals surface area contributed by atoms with Crippen LogP contribution in [0, 0.1) is 11.7 Å². The van der Waals surface area contributed by atoms with Crippen molar-refractivity contribution < 1.29 is 13.9 Å². The summed E-state index contributed by atoms with van der Waals surface area (Å²) in [6, 6.07) is 2.72. The SMILES string of the molecule is COc1cc(OCC2CC2)c(N)cc1F. The van der Waals surface area contributed by atoms with Crippen molar-refractivity contribution >= 4 is 5.69 Å². The van der Waals surface area contributed by atoms with Crippen molar-refractivity contribution in [2.24, 2.45) is 5.92 Å². The van der Waals surface area contributed by atoms with E-state index in [4.69, 9.17) is 15.2 Å². The Morgan fingerprint density at radius 3 is 2.73 bits per heavy atom. The molecule has 1 aromatic rings. The van der Waals surface area contributed by atoms with Crippen LogP contribution in [0.4, 0.5) is 10.1 Å². The van der Waals surface area contributed by atoms with Gasteiger partial charge in [-0.05, 0) is 18.8 Å². The summed E-state index contributed by atoms with van der Waals surface area (Å²) in [6.45, 7) is 0.652. The quantitative estimate of drug-likeness (QED) is 0.776. The molecule has 1 fully saturated rings. The van der Waals surface area contributed by atoms with Crippen molar-refractivity contribution in [1.82, 2.24) is 0 Å². The topological polar surface area (TPSA) is 44.5 Å². The van der Waals surface area contributed by atoms with Gasteiger partial charge in [-0.15, -0.1) is 0 Å². The molecule has 1 aromatic carbocycles. The third-order valence-corrected chi connectivity index (χ3v) is 2.46. The molecule has 1 aliphatic carbocycles. The smallest absolute Gasteiger partial charge is 0.167 e. The molecule has 82 valence electrons. The monoisotopic (exact) mass is 211 g/mol. The minimum atomic E-state index is -0.464. The lowest BCUT2D eigenvalue weighted by Crippen LogP contribution is -2.03. The minimum absolute atomic E-state index is 0.162. The van der Waals surface area contributed by atoms with Gasteiger partial charge >= 0.3 is 0 Å². The maximum absolute atomic E-state index is 13.2. The first-order valence-corrected chi connectivity index (χ1v) is 4.96. The minimum Gasteiger partial charge on any atom is -0.494 e. The predicted molar refractivity (Wildman–Crippen MR) is 55.6 cm³/mol. The zero-order valence-electron chi connectivity index (χ0n) is 8.63. The van der Waals surface area contributed by atoms with Crippen LogP contribution in [-0.4, -0.2) is 13.7 Å². The fourth-order valence-corrected chi connectivity index (χ4v) is 1.32. The number of benzene rings is 1. The largest absolute Gasteiger partial charge is 0.494 e. The highest BCUT2D eigenvalue weighted by atomic mass is 19.1. The van der Waals surface area contributed by atoms with Gasteiger partial charge in [0.25, 0.3) is 0 Å². The number of halogens is 1. The standard InChI is InChI=1S/C11H14FNO2/c1-14-10-5-11(9(13)4-8(10)12)15-6-7-2-3-7/h4-5,7H,2-3,6,13H2,1H3. The Bertz CT molecular complexity index is 364. The molecule has 2 rings (SSSR count). The van der Waals surface area contributed by atoms with Crippen molar-refractivity contribution in [2.75, 3.05) is 19.5 Å². The molecule has 4 heteroatoms. The molecule has 0 radical (unpaired) electrons. The number of hydrogen-bond donors (Lipinski definition) is 1. The highest BCUT2D eigenvalue weighted by Gasteiger charge is 2.22. The Morgan fingerprint density at radius 1 is 1.40 bits per heavy atom. The Labute approximate surface area is 88.0 Å². The summed E-state index contributed by atoms with van der Waals surface area (Å²) in [5.74, 6) is 0.837. The van der Waals surface area contributed by atoms with Gasteiger partial charge in [0.05, 0.1) is 19.4 Å². The lowest BCUT2D eigenvalue weighted by Gasteiger charge is -2.10.